The number of hydrogen-bond donors (Lipinski definition) is 0. The third-order valence-corrected chi connectivity index (χ3v) is 3.65. The van der Waals surface area contributed by atoms with E-state index in [1.54, 1.807) is 5.57 Å². The molecular weight excluding hydrogens is 160 g/mol. The van der Waals surface area contributed by atoms with E-state index in [2.05, 4.69) is 6.08 Å². The van der Waals surface area contributed by atoms with Crippen LogP contribution in [0.1, 0.15) is 44.9 Å². The number of fused-ring (bicyclic) bond motifs is 1. The molecule has 1 radical (unpaired) electrons. The van der Waals surface area contributed by atoms with E-state index in [0.717, 1.165) is 12.3 Å². The maximum atomic E-state index is 10.6. The van der Waals surface area contributed by atoms with Crippen molar-refractivity contribution < 1.29 is 5.11 Å². The second kappa shape index (κ2) is 4.28. The Hall–Kier alpha value is -0.300. The highest BCUT2D eigenvalue weighted by Crippen LogP contribution is 2.41. The zero-order valence-corrected chi connectivity index (χ0v) is 8.30. The minimum atomic E-state index is 0.120. The van der Waals surface area contributed by atoms with Crippen LogP contribution in [0, 0.1) is 11.8 Å². The summed E-state index contributed by atoms with van der Waals surface area (Å²) in [4.78, 5) is 0. The molecule has 0 heterocycles. The molecule has 1 heteroatoms. The van der Waals surface area contributed by atoms with Gasteiger partial charge < -0.3 is 0 Å². The second-order valence-electron chi connectivity index (χ2n) is 4.45. The van der Waals surface area contributed by atoms with Gasteiger partial charge in [-0.2, -0.15) is 0 Å². The highest BCUT2D eigenvalue weighted by Gasteiger charge is 2.28. The van der Waals surface area contributed by atoms with Crippen LogP contribution in [-0.2, 0) is 5.11 Å². The molecule has 0 spiro atoms. The molecular formula is C12H19O. The molecule has 0 aliphatic heterocycles. The molecule has 2 aliphatic rings. The van der Waals surface area contributed by atoms with Crippen molar-refractivity contribution >= 4 is 0 Å². The first-order chi connectivity index (χ1) is 6.42. The van der Waals surface area contributed by atoms with E-state index >= 15 is 0 Å². The summed E-state index contributed by atoms with van der Waals surface area (Å²) < 4.78 is 0. The van der Waals surface area contributed by atoms with Gasteiger partial charge in [0.25, 0.3) is 0 Å². The first kappa shape index (κ1) is 9.26. The third-order valence-electron chi connectivity index (χ3n) is 3.65. The summed E-state index contributed by atoms with van der Waals surface area (Å²) in [5.41, 5.74) is 1.66. The summed E-state index contributed by atoms with van der Waals surface area (Å²) in [7, 11) is 0. The van der Waals surface area contributed by atoms with E-state index in [0.29, 0.717) is 5.92 Å². The van der Waals surface area contributed by atoms with Crippen molar-refractivity contribution in [2.45, 2.75) is 44.9 Å². The summed E-state index contributed by atoms with van der Waals surface area (Å²) >= 11 is 0. The van der Waals surface area contributed by atoms with Crippen molar-refractivity contribution in [3.8, 4) is 0 Å². The second-order valence-corrected chi connectivity index (χ2v) is 4.45. The lowest BCUT2D eigenvalue weighted by Crippen LogP contribution is -2.22. The van der Waals surface area contributed by atoms with Crippen molar-refractivity contribution in [3.05, 3.63) is 11.6 Å². The van der Waals surface area contributed by atoms with Gasteiger partial charge in [0.05, 0.1) is 6.61 Å². The SMILES string of the molecule is [O]CCC1CCCC2CCCC=C12. The maximum absolute atomic E-state index is 10.6. The van der Waals surface area contributed by atoms with Crippen LogP contribution in [-0.4, -0.2) is 6.61 Å². The van der Waals surface area contributed by atoms with Crippen LogP contribution in [0.15, 0.2) is 11.6 Å². The van der Waals surface area contributed by atoms with Crippen LogP contribution < -0.4 is 0 Å². The van der Waals surface area contributed by atoms with Gasteiger partial charge in [-0.15, -0.1) is 0 Å². The Morgan fingerprint density at radius 1 is 1.23 bits per heavy atom. The predicted molar refractivity (Wildman–Crippen MR) is 52.9 cm³/mol. The molecule has 73 valence electrons. The molecule has 0 saturated heterocycles. The fraction of sp³-hybridized carbons (Fsp3) is 0.833. The summed E-state index contributed by atoms with van der Waals surface area (Å²) in [6.45, 7) is 0.120. The lowest BCUT2D eigenvalue weighted by atomic mass is 9.71. The Morgan fingerprint density at radius 3 is 2.92 bits per heavy atom. The quantitative estimate of drug-likeness (QED) is 0.579. The van der Waals surface area contributed by atoms with Crippen LogP contribution >= 0.6 is 0 Å². The Kier molecular flexibility index (Phi) is 3.05. The van der Waals surface area contributed by atoms with Crippen molar-refractivity contribution in [3.63, 3.8) is 0 Å². The van der Waals surface area contributed by atoms with E-state index < -0.39 is 0 Å². The Balaban J connectivity index is 2.05. The number of allylic oxidation sites excluding steroid dienone is 2. The van der Waals surface area contributed by atoms with Crippen LogP contribution in [0.25, 0.3) is 0 Å². The van der Waals surface area contributed by atoms with Crippen LogP contribution in [0.2, 0.25) is 0 Å². The first-order valence-electron chi connectivity index (χ1n) is 5.70. The van der Waals surface area contributed by atoms with Gasteiger partial charge in [0, 0.05) is 0 Å². The lowest BCUT2D eigenvalue weighted by molar-refractivity contribution is 0.164. The number of hydrogen-bond acceptors (Lipinski definition) is 0. The minimum Gasteiger partial charge on any atom is -0.237 e. The summed E-state index contributed by atoms with van der Waals surface area (Å²) in [5, 5.41) is 10.6. The lowest BCUT2D eigenvalue weighted by Gasteiger charge is -2.35. The molecule has 2 rings (SSSR count). The van der Waals surface area contributed by atoms with Gasteiger partial charge in [-0.3, -0.25) is 0 Å². The van der Waals surface area contributed by atoms with E-state index in [-0.39, 0.29) is 6.61 Å². The van der Waals surface area contributed by atoms with Gasteiger partial charge in [0.2, 0.25) is 0 Å². The topological polar surface area (TPSA) is 19.9 Å². The van der Waals surface area contributed by atoms with Gasteiger partial charge in [-0.1, -0.05) is 18.1 Å². The van der Waals surface area contributed by atoms with Gasteiger partial charge in [0.1, 0.15) is 0 Å². The standard InChI is InChI=1S/C12H19O/c13-9-8-11-6-3-5-10-4-1-2-7-12(10)11/h7,10-11H,1-6,8-9H2. The van der Waals surface area contributed by atoms with Crippen molar-refractivity contribution in [2.75, 3.05) is 6.61 Å². The van der Waals surface area contributed by atoms with Crippen molar-refractivity contribution in [2.24, 2.45) is 11.8 Å². The van der Waals surface area contributed by atoms with Crippen molar-refractivity contribution in [1.29, 1.82) is 0 Å². The van der Waals surface area contributed by atoms with E-state index in [4.69, 9.17) is 0 Å². The molecule has 2 atom stereocenters. The van der Waals surface area contributed by atoms with Gasteiger partial charge in [-0.25, -0.2) is 5.11 Å². The highest BCUT2D eigenvalue weighted by molar-refractivity contribution is 5.15. The number of rotatable bonds is 2. The zero-order valence-electron chi connectivity index (χ0n) is 8.30. The van der Waals surface area contributed by atoms with Gasteiger partial charge in [-0.05, 0) is 50.4 Å². The Labute approximate surface area is 80.8 Å². The molecule has 2 aliphatic carbocycles. The smallest absolute Gasteiger partial charge is 0.0828 e. The molecule has 0 aromatic carbocycles. The predicted octanol–water partition coefficient (Wildman–Crippen LogP) is 3.33. The van der Waals surface area contributed by atoms with Crippen molar-refractivity contribution in [1.82, 2.24) is 0 Å². The highest BCUT2D eigenvalue weighted by atomic mass is 16.3. The maximum Gasteiger partial charge on any atom is 0.0828 e. The molecule has 0 aromatic rings. The monoisotopic (exact) mass is 179 g/mol. The molecule has 0 N–H and O–H groups in total. The van der Waals surface area contributed by atoms with E-state index in [1.807, 2.05) is 0 Å². The molecule has 0 amide bonds. The molecule has 2 unspecified atom stereocenters. The van der Waals surface area contributed by atoms with Gasteiger partial charge in [0.15, 0.2) is 0 Å². The fourth-order valence-electron chi connectivity index (χ4n) is 3.01. The van der Waals surface area contributed by atoms with Crippen LogP contribution in [0.5, 0.6) is 0 Å². The zero-order chi connectivity index (χ0) is 9.10. The fourth-order valence-corrected chi connectivity index (χ4v) is 3.01. The third kappa shape index (κ3) is 1.96. The summed E-state index contributed by atoms with van der Waals surface area (Å²) in [6, 6.07) is 0. The molecule has 0 aromatic heterocycles. The minimum absolute atomic E-state index is 0.120. The Bertz CT molecular complexity index is 193. The summed E-state index contributed by atoms with van der Waals surface area (Å²) in [6.07, 6.45) is 11.4. The van der Waals surface area contributed by atoms with E-state index in [1.165, 1.54) is 38.5 Å². The molecule has 0 bridgehead atoms. The molecule has 1 fully saturated rings. The van der Waals surface area contributed by atoms with E-state index in [9.17, 15) is 5.11 Å². The first-order valence-corrected chi connectivity index (χ1v) is 5.70. The van der Waals surface area contributed by atoms with Gasteiger partial charge >= 0.3 is 0 Å². The molecule has 1 saturated carbocycles. The Morgan fingerprint density at radius 2 is 2.08 bits per heavy atom. The molecule has 1 nitrogen and oxygen atoms in total. The largest absolute Gasteiger partial charge is 0.237 e. The average Bonchev–Trinajstić information content (AvgIpc) is 2.19. The van der Waals surface area contributed by atoms with Crippen LogP contribution in [0.3, 0.4) is 0 Å². The molecule has 13 heavy (non-hydrogen) atoms. The normalized spacial score (nSPS) is 33.8. The average molecular weight is 179 g/mol. The summed E-state index contributed by atoms with van der Waals surface area (Å²) in [5.74, 6) is 1.52. The van der Waals surface area contributed by atoms with Crippen LogP contribution in [0.4, 0.5) is 0 Å².